The molecule has 2 heterocycles. The van der Waals surface area contributed by atoms with Gasteiger partial charge in [0.25, 0.3) is 5.91 Å². The van der Waals surface area contributed by atoms with E-state index >= 15 is 0 Å². The van der Waals surface area contributed by atoms with Gasteiger partial charge in [-0.3, -0.25) is 4.79 Å². The number of nitrogens with zero attached hydrogens (tertiary/aromatic N) is 2. The fraction of sp³-hybridized carbons (Fsp3) is 0.368. The van der Waals surface area contributed by atoms with Crippen LogP contribution < -0.4 is 10.1 Å². The molecule has 0 aliphatic carbocycles. The summed E-state index contributed by atoms with van der Waals surface area (Å²) in [7, 11) is 4.05. The van der Waals surface area contributed by atoms with E-state index in [9.17, 15) is 4.79 Å². The second-order valence-electron chi connectivity index (χ2n) is 6.22. The smallest absolute Gasteiger partial charge is 0.254 e. The number of hydrogen-bond acceptors (Lipinski definition) is 5. The second kappa shape index (κ2) is 7.89. The average molecular weight is 357 g/mol. The van der Waals surface area contributed by atoms with Crippen molar-refractivity contribution < 1.29 is 9.53 Å². The molecule has 1 aromatic carbocycles. The number of fused-ring (bicyclic) bond motifs is 1. The minimum absolute atomic E-state index is 0.0891. The number of carbonyl (C=O) groups is 1. The Kier molecular flexibility index (Phi) is 5.60. The minimum atomic E-state index is -0.0891. The second-order valence-corrected chi connectivity index (χ2v) is 7.01. The molecule has 132 valence electrons. The fourth-order valence-electron chi connectivity index (χ4n) is 3.02. The van der Waals surface area contributed by atoms with Crippen LogP contribution in [0.4, 0.5) is 0 Å². The van der Waals surface area contributed by atoms with Crippen molar-refractivity contribution in [2.45, 2.75) is 17.5 Å². The van der Waals surface area contributed by atoms with Gasteiger partial charge in [-0.25, -0.2) is 4.98 Å². The highest BCUT2D eigenvalue weighted by molar-refractivity contribution is 7.98. The van der Waals surface area contributed by atoms with Crippen molar-refractivity contribution in [3.8, 4) is 5.75 Å². The predicted molar refractivity (Wildman–Crippen MR) is 100 cm³/mol. The number of benzene rings is 1. The van der Waals surface area contributed by atoms with E-state index in [1.807, 2.05) is 32.5 Å². The summed E-state index contributed by atoms with van der Waals surface area (Å²) in [6.45, 7) is 1.29. The van der Waals surface area contributed by atoms with Crippen LogP contribution in [0, 0.1) is 0 Å². The Balaban J connectivity index is 1.73. The summed E-state index contributed by atoms with van der Waals surface area (Å²) in [4.78, 5) is 18.9. The van der Waals surface area contributed by atoms with Crippen LogP contribution in [0.1, 0.15) is 27.5 Å². The third-order valence-corrected chi connectivity index (χ3v) is 5.10. The molecule has 1 aromatic heterocycles. The summed E-state index contributed by atoms with van der Waals surface area (Å²) in [5.41, 5.74) is 3.05. The molecule has 1 aliphatic rings. The van der Waals surface area contributed by atoms with Crippen molar-refractivity contribution in [2.75, 3.05) is 33.5 Å². The number of nitrogens with one attached hydrogen (secondary N) is 1. The SMILES string of the molecule is CSc1ncccc1C(=O)NCC(c1ccc2c(c1)CCO2)N(C)C. The highest BCUT2D eigenvalue weighted by Crippen LogP contribution is 2.29. The van der Waals surface area contributed by atoms with Crippen LogP contribution in [0.2, 0.25) is 0 Å². The van der Waals surface area contributed by atoms with Crippen LogP contribution in [0.15, 0.2) is 41.6 Å². The molecular weight excluding hydrogens is 334 g/mol. The normalized spacial score (nSPS) is 14.1. The number of rotatable bonds is 6. The van der Waals surface area contributed by atoms with Gasteiger partial charge in [0.15, 0.2) is 0 Å². The average Bonchev–Trinajstić information content (AvgIpc) is 3.09. The molecule has 2 aromatic rings. The van der Waals surface area contributed by atoms with Crippen LogP contribution in [0.3, 0.4) is 0 Å². The molecule has 0 saturated carbocycles. The third kappa shape index (κ3) is 3.96. The zero-order valence-corrected chi connectivity index (χ0v) is 15.6. The van der Waals surface area contributed by atoms with Gasteiger partial charge in [-0.1, -0.05) is 12.1 Å². The zero-order chi connectivity index (χ0) is 17.8. The number of amides is 1. The minimum Gasteiger partial charge on any atom is -0.493 e. The van der Waals surface area contributed by atoms with Gasteiger partial charge in [0.2, 0.25) is 0 Å². The van der Waals surface area contributed by atoms with Crippen LogP contribution in [-0.2, 0) is 6.42 Å². The summed E-state index contributed by atoms with van der Waals surface area (Å²) >= 11 is 1.48. The van der Waals surface area contributed by atoms with Crippen molar-refractivity contribution in [2.24, 2.45) is 0 Å². The maximum absolute atomic E-state index is 12.6. The highest BCUT2D eigenvalue weighted by atomic mass is 32.2. The van der Waals surface area contributed by atoms with E-state index in [0.29, 0.717) is 12.1 Å². The van der Waals surface area contributed by atoms with E-state index in [1.54, 1.807) is 12.3 Å². The van der Waals surface area contributed by atoms with Crippen LogP contribution in [0.5, 0.6) is 5.75 Å². The molecule has 3 rings (SSSR count). The third-order valence-electron chi connectivity index (χ3n) is 4.39. The molecule has 0 bridgehead atoms. The van der Waals surface area contributed by atoms with Gasteiger partial charge >= 0.3 is 0 Å². The lowest BCUT2D eigenvalue weighted by Gasteiger charge is -2.25. The lowest BCUT2D eigenvalue weighted by Crippen LogP contribution is -2.34. The largest absolute Gasteiger partial charge is 0.493 e. The molecule has 1 N–H and O–H groups in total. The molecular formula is C19H23N3O2S. The standard InChI is InChI=1S/C19H23N3O2S/c1-22(2)16(13-6-7-17-14(11-13)8-10-24-17)12-21-18(23)15-5-4-9-20-19(15)25-3/h4-7,9,11,16H,8,10,12H2,1-3H3,(H,21,23). The van der Waals surface area contributed by atoms with E-state index in [2.05, 4.69) is 27.3 Å². The van der Waals surface area contributed by atoms with Crippen LogP contribution in [-0.4, -0.2) is 49.3 Å². The Morgan fingerprint density at radius 1 is 1.40 bits per heavy atom. The number of hydrogen-bond donors (Lipinski definition) is 1. The molecule has 0 saturated heterocycles. The first-order chi connectivity index (χ1) is 12.1. The molecule has 0 spiro atoms. The Morgan fingerprint density at radius 3 is 3.00 bits per heavy atom. The monoisotopic (exact) mass is 357 g/mol. The van der Waals surface area contributed by atoms with Gasteiger partial charge in [0.1, 0.15) is 10.8 Å². The van der Waals surface area contributed by atoms with Crippen LogP contribution >= 0.6 is 11.8 Å². The molecule has 1 amide bonds. The van der Waals surface area contributed by atoms with Crippen LogP contribution in [0.25, 0.3) is 0 Å². The molecule has 5 nitrogen and oxygen atoms in total. The lowest BCUT2D eigenvalue weighted by atomic mass is 10.0. The number of ether oxygens (including phenoxy) is 1. The van der Waals surface area contributed by atoms with Crippen molar-refractivity contribution in [1.29, 1.82) is 0 Å². The zero-order valence-electron chi connectivity index (χ0n) is 14.8. The molecule has 1 aliphatic heterocycles. The first kappa shape index (κ1) is 17.8. The summed E-state index contributed by atoms with van der Waals surface area (Å²) in [6.07, 6.45) is 4.58. The maximum Gasteiger partial charge on any atom is 0.254 e. The number of thioether (sulfide) groups is 1. The molecule has 6 heteroatoms. The Hall–Kier alpha value is -2.05. The first-order valence-electron chi connectivity index (χ1n) is 8.29. The van der Waals surface area contributed by atoms with Crippen molar-refractivity contribution >= 4 is 17.7 Å². The predicted octanol–water partition coefficient (Wildman–Crippen LogP) is 2.77. The van der Waals surface area contributed by atoms with Gasteiger partial charge in [0, 0.05) is 19.2 Å². The van der Waals surface area contributed by atoms with Gasteiger partial charge in [-0.15, -0.1) is 11.8 Å². The summed E-state index contributed by atoms with van der Waals surface area (Å²) in [5.74, 6) is 0.888. The number of likely N-dealkylation sites (N-methyl/N-ethyl adjacent to an activating group) is 1. The van der Waals surface area contributed by atoms with E-state index in [-0.39, 0.29) is 11.9 Å². The van der Waals surface area contributed by atoms with E-state index < -0.39 is 0 Å². The highest BCUT2D eigenvalue weighted by Gasteiger charge is 2.20. The lowest BCUT2D eigenvalue weighted by molar-refractivity contribution is 0.0938. The Morgan fingerprint density at radius 2 is 2.24 bits per heavy atom. The first-order valence-corrected chi connectivity index (χ1v) is 9.52. The van der Waals surface area contributed by atoms with Crippen molar-refractivity contribution in [3.05, 3.63) is 53.2 Å². The molecule has 0 radical (unpaired) electrons. The van der Waals surface area contributed by atoms with Gasteiger partial charge in [-0.05, 0) is 49.7 Å². The van der Waals surface area contributed by atoms with Gasteiger partial charge in [-0.2, -0.15) is 0 Å². The Bertz CT molecular complexity index is 764. The number of carbonyl (C=O) groups excluding carboxylic acids is 1. The van der Waals surface area contributed by atoms with E-state index in [0.717, 1.165) is 23.8 Å². The molecule has 1 unspecified atom stereocenters. The summed E-state index contributed by atoms with van der Waals surface area (Å²) in [5, 5.41) is 3.80. The number of aromatic nitrogens is 1. The molecule has 1 atom stereocenters. The summed E-state index contributed by atoms with van der Waals surface area (Å²) in [6, 6.07) is 10.0. The van der Waals surface area contributed by atoms with Gasteiger partial charge in [0.05, 0.1) is 18.2 Å². The van der Waals surface area contributed by atoms with Crippen molar-refractivity contribution in [1.82, 2.24) is 15.2 Å². The number of pyridine rings is 1. The fourth-order valence-corrected chi connectivity index (χ4v) is 3.57. The molecule has 0 fully saturated rings. The van der Waals surface area contributed by atoms with Gasteiger partial charge < -0.3 is 15.0 Å². The molecule has 25 heavy (non-hydrogen) atoms. The maximum atomic E-state index is 12.6. The van der Waals surface area contributed by atoms with E-state index in [1.165, 1.54) is 22.9 Å². The quantitative estimate of drug-likeness (QED) is 0.806. The Labute approximate surface area is 152 Å². The topological polar surface area (TPSA) is 54.5 Å². The van der Waals surface area contributed by atoms with E-state index in [4.69, 9.17) is 4.74 Å². The summed E-state index contributed by atoms with van der Waals surface area (Å²) < 4.78 is 5.58. The van der Waals surface area contributed by atoms with Crippen molar-refractivity contribution in [3.63, 3.8) is 0 Å².